The quantitative estimate of drug-likeness (QED) is 0.812. The molecule has 2 aliphatic rings. The van der Waals surface area contributed by atoms with E-state index in [1.807, 2.05) is 4.90 Å². The van der Waals surface area contributed by atoms with Crippen LogP contribution in [-0.4, -0.2) is 67.0 Å². The van der Waals surface area contributed by atoms with Crippen LogP contribution >= 0.6 is 11.6 Å². The highest BCUT2D eigenvalue weighted by Gasteiger charge is 2.27. The van der Waals surface area contributed by atoms with Crippen molar-refractivity contribution in [3.63, 3.8) is 0 Å². The molecule has 1 aromatic carbocycles. The molecule has 0 spiro atoms. The van der Waals surface area contributed by atoms with Gasteiger partial charge in [0.25, 0.3) is 5.91 Å². The Balaban J connectivity index is 1.72. The molecule has 0 aromatic heterocycles. The summed E-state index contributed by atoms with van der Waals surface area (Å²) in [5.74, 6) is -0.226. The Morgan fingerprint density at radius 2 is 1.96 bits per heavy atom. The fourth-order valence-electron chi connectivity index (χ4n) is 3.84. The summed E-state index contributed by atoms with van der Waals surface area (Å²) in [6, 6.07) is 5.03. The fraction of sp³-hybridized carbons (Fsp3) is 0.619. The third-order valence-corrected chi connectivity index (χ3v) is 5.59. The molecule has 2 amide bonds. The Kier molecular flexibility index (Phi) is 7.71. The van der Waals surface area contributed by atoms with E-state index in [1.165, 1.54) is 19.3 Å². The summed E-state index contributed by atoms with van der Waals surface area (Å²) < 4.78 is 6.03. The molecule has 0 saturated carbocycles. The average molecular weight is 408 g/mol. The number of carbonyl (C=O) groups excluding carboxylic acids is 2. The number of rotatable bonds is 5. The molecule has 28 heavy (non-hydrogen) atoms. The zero-order chi connectivity index (χ0) is 19.9. The average Bonchev–Trinajstić information content (AvgIpc) is 2.94. The van der Waals surface area contributed by atoms with Gasteiger partial charge in [-0.05, 0) is 50.6 Å². The number of nitrogens with one attached hydrogen (secondary N) is 1. The summed E-state index contributed by atoms with van der Waals surface area (Å²) in [5.41, 5.74) is 0.951. The van der Waals surface area contributed by atoms with E-state index in [2.05, 4.69) is 10.2 Å². The van der Waals surface area contributed by atoms with E-state index in [0.29, 0.717) is 42.4 Å². The number of hydrogen-bond acceptors (Lipinski definition) is 4. The number of halogens is 1. The Hall–Kier alpha value is -1.63. The summed E-state index contributed by atoms with van der Waals surface area (Å²) in [4.78, 5) is 29.4. The van der Waals surface area contributed by atoms with Crippen molar-refractivity contribution in [2.45, 2.75) is 45.1 Å². The highest BCUT2D eigenvalue weighted by molar-refractivity contribution is 6.31. The first-order chi connectivity index (χ1) is 13.6. The SMILES string of the molecule is CCC(=O)Nc1cc(Cl)ccc1C(=O)N1CCCOC(CN2CCCCC2)C1. The predicted molar refractivity (Wildman–Crippen MR) is 111 cm³/mol. The molecule has 0 bridgehead atoms. The van der Waals surface area contributed by atoms with Crippen molar-refractivity contribution in [2.75, 3.05) is 44.6 Å². The van der Waals surface area contributed by atoms with Gasteiger partial charge in [0.15, 0.2) is 0 Å². The third-order valence-electron chi connectivity index (χ3n) is 5.35. The molecule has 2 aliphatic heterocycles. The maximum Gasteiger partial charge on any atom is 0.256 e. The van der Waals surface area contributed by atoms with Gasteiger partial charge in [-0.15, -0.1) is 0 Å². The number of anilines is 1. The lowest BCUT2D eigenvalue weighted by Gasteiger charge is -2.31. The van der Waals surface area contributed by atoms with Crippen molar-refractivity contribution in [3.8, 4) is 0 Å². The molecule has 1 atom stereocenters. The summed E-state index contributed by atoms with van der Waals surface area (Å²) >= 11 is 6.09. The smallest absolute Gasteiger partial charge is 0.256 e. The van der Waals surface area contributed by atoms with Gasteiger partial charge in [0.1, 0.15) is 0 Å². The predicted octanol–water partition coefficient (Wildman–Crippen LogP) is 3.41. The number of nitrogens with zero attached hydrogens (tertiary/aromatic N) is 2. The first-order valence-corrected chi connectivity index (χ1v) is 10.7. The molecule has 2 heterocycles. The van der Waals surface area contributed by atoms with E-state index in [0.717, 1.165) is 26.1 Å². The van der Waals surface area contributed by atoms with Crippen LogP contribution in [0.2, 0.25) is 5.02 Å². The number of amides is 2. The van der Waals surface area contributed by atoms with Crippen LogP contribution in [0.1, 0.15) is 49.4 Å². The number of ether oxygens (including phenoxy) is 1. The highest BCUT2D eigenvalue weighted by atomic mass is 35.5. The van der Waals surface area contributed by atoms with Crippen LogP contribution in [0.15, 0.2) is 18.2 Å². The van der Waals surface area contributed by atoms with Crippen molar-refractivity contribution in [1.29, 1.82) is 0 Å². The van der Waals surface area contributed by atoms with Crippen LogP contribution in [0.4, 0.5) is 5.69 Å². The van der Waals surface area contributed by atoms with Crippen LogP contribution in [0.3, 0.4) is 0 Å². The number of piperidine rings is 1. The standard InChI is InChI=1S/C21H30ClN3O3/c1-2-20(26)23-19-13-16(22)7-8-18(19)21(27)25-11-6-12-28-17(15-25)14-24-9-4-3-5-10-24/h7-8,13,17H,2-6,9-12,14-15H2,1H3,(H,23,26). The molecule has 0 radical (unpaired) electrons. The Labute approximate surface area is 172 Å². The summed E-state index contributed by atoms with van der Waals surface area (Å²) in [7, 11) is 0. The van der Waals surface area contributed by atoms with Gasteiger partial charge in [0.05, 0.1) is 17.4 Å². The second kappa shape index (κ2) is 10.2. The minimum atomic E-state index is -0.140. The van der Waals surface area contributed by atoms with Gasteiger partial charge in [-0.3, -0.25) is 9.59 Å². The monoisotopic (exact) mass is 407 g/mol. The summed E-state index contributed by atoms with van der Waals surface area (Å²) in [6.45, 7) is 6.75. The highest BCUT2D eigenvalue weighted by Crippen LogP contribution is 2.24. The van der Waals surface area contributed by atoms with Gasteiger partial charge in [0, 0.05) is 37.7 Å². The molecule has 6 nitrogen and oxygen atoms in total. The largest absolute Gasteiger partial charge is 0.375 e. The first-order valence-electron chi connectivity index (χ1n) is 10.3. The van der Waals surface area contributed by atoms with Crippen molar-refractivity contribution >= 4 is 29.1 Å². The Morgan fingerprint density at radius 1 is 1.18 bits per heavy atom. The zero-order valence-corrected chi connectivity index (χ0v) is 17.3. The van der Waals surface area contributed by atoms with Crippen LogP contribution in [0, 0.1) is 0 Å². The lowest BCUT2D eigenvalue weighted by Crippen LogP contribution is -2.44. The van der Waals surface area contributed by atoms with Crippen LogP contribution in [0.5, 0.6) is 0 Å². The topological polar surface area (TPSA) is 61.9 Å². The van der Waals surface area contributed by atoms with E-state index >= 15 is 0 Å². The maximum atomic E-state index is 13.3. The van der Waals surface area contributed by atoms with Crippen molar-refractivity contribution in [3.05, 3.63) is 28.8 Å². The Morgan fingerprint density at radius 3 is 2.71 bits per heavy atom. The zero-order valence-electron chi connectivity index (χ0n) is 16.6. The van der Waals surface area contributed by atoms with Crippen LogP contribution in [0.25, 0.3) is 0 Å². The number of hydrogen-bond donors (Lipinski definition) is 1. The van der Waals surface area contributed by atoms with Crippen molar-refractivity contribution < 1.29 is 14.3 Å². The van der Waals surface area contributed by atoms with Gasteiger partial charge < -0.3 is 19.9 Å². The van der Waals surface area contributed by atoms with Gasteiger partial charge in [-0.1, -0.05) is 24.9 Å². The molecule has 7 heteroatoms. The van der Waals surface area contributed by atoms with Crippen molar-refractivity contribution in [1.82, 2.24) is 9.80 Å². The molecule has 1 unspecified atom stereocenters. The molecule has 3 rings (SSSR count). The summed E-state index contributed by atoms with van der Waals surface area (Å²) in [5, 5.41) is 3.29. The van der Waals surface area contributed by atoms with Gasteiger partial charge in [-0.25, -0.2) is 0 Å². The molecule has 0 aliphatic carbocycles. The van der Waals surface area contributed by atoms with E-state index in [9.17, 15) is 9.59 Å². The minimum absolute atomic E-state index is 0.0190. The summed E-state index contributed by atoms with van der Waals surface area (Å²) in [6.07, 6.45) is 4.95. The second-order valence-corrected chi connectivity index (χ2v) is 7.99. The number of carbonyl (C=O) groups is 2. The van der Waals surface area contributed by atoms with E-state index in [-0.39, 0.29) is 17.9 Å². The molecule has 154 valence electrons. The minimum Gasteiger partial charge on any atom is -0.375 e. The molecule has 2 fully saturated rings. The van der Waals surface area contributed by atoms with Gasteiger partial charge in [0.2, 0.25) is 5.91 Å². The number of likely N-dealkylation sites (tertiary alicyclic amines) is 1. The lowest BCUT2D eigenvalue weighted by molar-refractivity contribution is -0.115. The fourth-order valence-corrected chi connectivity index (χ4v) is 4.01. The van der Waals surface area contributed by atoms with E-state index < -0.39 is 0 Å². The second-order valence-electron chi connectivity index (χ2n) is 7.55. The van der Waals surface area contributed by atoms with Gasteiger partial charge >= 0.3 is 0 Å². The van der Waals surface area contributed by atoms with E-state index in [1.54, 1.807) is 25.1 Å². The van der Waals surface area contributed by atoms with Crippen LogP contribution < -0.4 is 5.32 Å². The molecular formula is C21H30ClN3O3. The van der Waals surface area contributed by atoms with Crippen molar-refractivity contribution in [2.24, 2.45) is 0 Å². The van der Waals surface area contributed by atoms with Crippen LogP contribution in [-0.2, 0) is 9.53 Å². The molecule has 1 aromatic rings. The molecular weight excluding hydrogens is 378 g/mol. The van der Waals surface area contributed by atoms with Gasteiger partial charge in [-0.2, -0.15) is 0 Å². The first kappa shape index (κ1) is 21.1. The van der Waals surface area contributed by atoms with E-state index in [4.69, 9.17) is 16.3 Å². The molecule has 1 N–H and O–H groups in total. The lowest BCUT2D eigenvalue weighted by atomic mass is 10.1. The third kappa shape index (κ3) is 5.69. The normalized spacial score (nSPS) is 21.2. The number of benzene rings is 1. The Bertz CT molecular complexity index is 691. The molecule has 2 saturated heterocycles. The maximum absolute atomic E-state index is 13.3.